The highest BCUT2D eigenvalue weighted by atomic mass is 15.1. The molecule has 3 nitrogen and oxygen atoms in total. The number of hydrogen-bond acceptors (Lipinski definition) is 3. The third kappa shape index (κ3) is 2.73. The molecule has 1 aromatic heterocycles. The largest absolute Gasteiger partial charge is 0.373 e. The lowest BCUT2D eigenvalue weighted by Crippen LogP contribution is -2.20. The molecular weight excluding hydrogens is 198 g/mol. The standard InChI is InChI=1S/C13H21N3/c1-3-11-6-7-16(9-11)10-12-4-5-13(14-2)15-8-12/h4-5,8,11H,3,6-7,9-10H2,1-2H3,(H,14,15). The Morgan fingerprint density at radius 2 is 2.38 bits per heavy atom. The zero-order valence-electron chi connectivity index (χ0n) is 10.2. The van der Waals surface area contributed by atoms with Gasteiger partial charge in [0.25, 0.3) is 0 Å². The third-order valence-corrected chi connectivity index (χ3v) is 3.43. The van der Waals surface area contributed by atoms with E-state index < -0.39 is 0 Å². The van der Waals surface area contributed by atoms with E-state index in [0.29, 0.717) is 0 Å². The summed E-state index contributed by atoms with van der Waals surface area (Å²) in [4.78, 5) is 6.87. The predicted octanol–water partition coefficient (Wildman–Crippen LogP) is 2.36. The maximum atomic E-state index is 4.34. The molecular formula is C13H21N3. The molecule has 1 aromatic rings. The molecule has 1 N–H and O–H groups in total. The van der Waals surface area contributed by atoms with Gasteiger partial charge in [-0.2, -0.15) is 0 Å². The van der Waals surface area contributed by atoms with Crippen molar-refractivity contribution >= 4 is 5.82 Å². The summed E-state index contributed by atoms with van der Waals surface area (Å²) in [6, 6.07) is 4.21. The fourth-order valence-electron chi connectivity index (χ4n) is 2.31. The lowest BCUT2D eigenvalue weighted by molar-refractivity contribution is 0.315. The van der Waals surface area contributed by atoms with E-state index in [9.17, 15) is 0 Å². The van der Waals surface area contributed by atoms with E-state index in [-0.39, 0.29) is 0 Å². The van der Waals surface area contributed by atoms with E-state index in [4.69, 9.17) is 0 Å². The molecule has 0 saturated carbocycles. The number of likely N-dealkylation sites (tertiary alicyclic amines) is 1. The molecule has 1 aliphatic heterocycles. The van der Waals surface area contributed by atoms with E-state index >= 15 is 0 Å². The maximum absolute atomic E-state index is 4.34. The molecule has 1 aliphatic rings. The maximum Gasteiger partial charge on any atom is 0.125 e. The summed E-state index contributed by atoms with van der Waals surface area (Å²) in [6.45, 7) is 5.83. The number of rotatable bonds is 4. The summed E-state index contributed by atoms with van der Waals surface area (Å²) in [5.74, 6) is 1.85. The fourth-order valence-corrected chi connectivity index (χ4v) is 2.31. The van der Waals surface area contributed by atoms with Gasteiger partial charge in [0.05, 0.1) is 0 Å². The molecule has 0 radical (unpaired) electrons. The second kappa shape index (κ2) is 5.30. The summed E-state index contributed by atoms with van der Waals surface area (Å²) in [6.07, 6.45) is 4.65. The highest BCUT2D eigenvalue weighted by Gasteiger charge is 2.20. The minimum absolute atomic E-state index is 0.907. The number of hydrogen-bond donors (Lipinski definition) is 1. The van der Waals surface area contributed by atoms with Gasteiger partial charge in [-0.25, -0.2) is 4.98 Å². The summed E-state index contributed by atoms with van der Waals surface area (Å²) in [7, 11) is 1.90. The second-order valence-corrected chi connectivity index (χ2v) is 4.60. The van der Waals surface area contributed by atoms with Crippen LogP contribution in [0.5, 0.6) is 0 Å². The van der Waals surface area contributed by atoms with Crippen molar-refractivity contribution in [3.05, 3.63) is 23.9 Å². The molecule has 2 heterocycles. The fraction of sp³-hybridized carbons (Fsp3) is 0.615. The van der Waals surface area contributed by atoms with Crippen LogP contribution >= 0.6 is 0 Å². The van der Waals surface area contributed by atoms with Crippen LogP contribution < -0.4 is 5.32 Å². The summed E-state index contributed by atoms with van der Waals surface area (Å²) in [5.41, 5.74) is 1.32. The van der Waals surface area contributed by atoms with Crippen LogP contribution in [-0.2, 0) is 6.54 Å². The van der Waals surface area contributed by atoms with Gasteiger partial charge in [0.2, 0.25) is 0 Å². The van der Waals surface area contributed by atoms with Crippen molar-refractivity contribution in [2.45, 2.75) is 26.3 Å². The van der Waals surface area contributed by atoms with Crippen molar-refractivity contribution in [3.8, 4) is 0 Å². The van der Waals surface area contributed by atoms with E-state index in [1.165, 1.54) is 31.5 Å². The van der Waals surface area contributed by atoms with Crippen LogP contribution in [0, 0.1) is 5.92 Å². The SMILES string of the molecule is CCC1CCN(Cc2ccc(NC)nc2)C1. The first kappa shape index (κ1) is 11.4. The Balaban J connectivity index is 1.89. The first-order chi connectivity index (χ1) is 7.81. The Bertz CT molecular complexity index is 320. The van der Waals surface area contributed by atoms with Gasteiger partial charge >= 0.3 is 0 Å². The van der Waals surface area contributed by atoms with E-state index in [0.717, 1.165) is 18.3 Å². The van der Waals surface area contributed by atoms with Gasteiger partial charge in [-0.15, -0.1) is 0 Å². The Morgan fingerprint density at radius 1 is 1.50 bits per heavy atom. The second-order valence-electron chi connectivity index (χ2n) is 4.60. The van der Waals surface area contributed by atoms with Gasteiger partial charge in [0.15, 0.2) is 0 Å². The Labute approximate surface area is 97.9 Å². The van der Waals surface area contributed by atoms with Crippen LogP contribution in [0.1, 0.15) is 25.3 Å². The molecule has 1 saturated heterocycles. The molecule has 0 spiro atoms. The van der Waals surface area contributed by atoms with Crippen molar-refractivity contribution in [3.63, 3.8) is 0 Å². The van der Waals surface area contributed by atoms with Gasteiger partial charge in [-0.1, -0.05) is 19.4 Å². The minimum atomic E-state index is 0.907. The first-order valence-electron chi connectivity index (χ1n) is 6.17. The summed E-state index contributed by atoms with van der Waals surface area (Å²) in [5, 5.41) is 3.04. The molecule has 0 amide bonds. The molecule has 1 unspecified atom stereocenters. The third-order valence-electron chi connectivity index (χ3n) is 3.43. The van der Waals surface area contributed by atoms with Crippen molar-refractivity contribution in [2.75, 3.05) is 25.5 Å². The predicted molar refractivity (Wildman–Crippen MR) is 67.5 cm³/mol. The molecule has 3 heteroatoms. The molecule has 88 valence electrons. The molecule has 0 bridgehead atoms. The normalized spacial score (nSPS) is 21.2. The van der Waals surface area contributed by atoms with Crippen LogP contribution in [0.15, 0.2) is 18.3 Å². The molecule has 1 atom stereocenters. The zero-order chi connectivity index (χ0) is 11.4. The molecule has 1 fully saturated rings. The van der Waals surface area contributed by atoms with Gasteiger partial charge < -0.3 is 5.32 Å². The number of pyridine rings is 1. The number of anilines is 1. The van der Waals surface area contributed by atoms with Gasteiger partial charge in [-0.05, 0) is 30.5 Å². The molecule has 2 rings (SSSR count). The van der Waals surface area contributed by atoms with Crippen LogP contribution in [0.4, 0.5) is 5.82 Å². The molecule has 0 aliphatic carbocycles. The first-order valence-corrected chi connectivity index (χ1v) is 6.17. The van der Waals surface area contributed by atoms with Gasteiger partial charge in [0, 0.05) is 26.3 Å². The number of aromatic nitrogens is 1. The van der Waals surface area contributed by atoms with Crippen molar-refractivity contribution in [1.82, 2.24) is 9.88 Å². The minimum Gasteiger partial charge on any atom is -0.373 e. The van der Waals surface area contributed by atoms with Crippen LogP contribution in [0.3, 0.4) is 0 Å². The lowest BCUT2D eigenvalue weighted by atomic mass is 10.1. The highest BCUT2D eigenvalue weighted by Crippen LogP contribution is 2.20. The average molecular weight is 219 g/mol. The number of nitrogens with zero attached hydrogens (tertiary/aromatic N) is 2. The highest BCUT2D eigenvalue weighted by molar-refractivity contribution is 5.34. The molecule has 16 heavy (non-hydrogen) atoms. The summed E-state index contributed by atoms with van der Waals surface area (Å²) >= 11 is 0. The Hall–Kier alpha value is -1.09. The van der Waals surface area contributed by atoms with E-state index in [1.807, 2.05) is 19.3 Å². The smallest absolute Gasteiger partial charge is 0.125 e. The van der Waals surface area contributed by atoms with Gasteiger partial charge in [0.1, 0.15) is 5.82 Å². The Kier molecular flexibility index (Phi) is 3.78. The molecule has 0 aromatic carbocycles. The zero-order valence-corrected chi connectivity index (χ0v) is 10.2. The average Bonchev–Trinajstić information content (AvgIpc) is 2.78. The quantitative estimate of drug-likeness (QED) is 0.842. The van der Waals surface area contributed by atoms with Crippen molar-refractivity contribution < 1.29 is 0 Å². The Morgan fingerprint density at radius 3 is 2.94 bits per heavy atom. The van der Waals surface area contributed by atoms with Crippen LogP contribution in [-0.4, -0.2) is 30.0 Å². The topological polar surface area (TPSA) is 28.2 Å². The number of nitrogens with one attached hydrogen (secondary N) is 1. The van der Waals surface area contributed by atoms with Crippen molar-refractivity contribution in [1.29, 1.82) is 0 Å². The monoisotopic (exact) mass is 219 g/mol. The van der Waals surface area contributed by atoms with E-state index in [2.05, 4.69) is 28.2 Å². The van der Waals surface area contributed by atoms with Crippen LogP contribution in [0.2, 0.25) is 0 Å². The van der Waals surface area contributed by atoms with Gasteiger partial charge in [-0.3, -0.25) is 4.90 Å². The summed E-state index contributed by atoms with van der Waals surface area (Å²) < 4.78 is 0. The lowest BCUT2D eigenvalue weighted by Gasteiger charge is -2.15. The van der Waals surface area contributed by atoms with Crippen molar-refractivity contribution in [2.24, 2.45) is 5.92 Å². The van der Waals surface area contributed by atoms with Crippen LogP contribution in [0.25, 0.3) is 0 Å². The van der Waals surface area contributed by atoms with E-state index in [1.54, 1.807) is 0 Å².